The molecule has 18 heavy (non-hydrogen) atoms. The van der Waals surface area contributed by atoms with Gasteiger partial charge in [0.25, 0.3) is 0 Å². The minimum Gasteiger partial charge on any atom is -0.494 e. The molecule has 2 atom stereocenters. The standard InChI is InChI=1S/C15H22N2O/c16-13-3-6-15(7-4-13)18-9-1-8-17-11-12-2-5-14(17)10-12/h3-4,6-7,12,14H,1-2,5,8-11,16H2. The van der Waals surface area contributed by atoms with Gasteiger partial charge in [0.05, 0.1) is 6.61 Å². The Labute approximate surface area is 109 Å². The van der Waals surface area contributed by atoms with Crippen molar-refractivity contribution in [3.8, 4) is 5.75 Å². The highest BCUT2D eigenvalue weighted by Crippen LogP contribution is 2.37. The van der Waals surface area contributed by atoms with Crippen LogP contribution in [0.4, 0.5) is 5.69 Å². The fraction of sp³-hybridized carbons (Fsp3) is 0.600. The first kappa shape index (κ1) is 11.8. The summed E-state index contributed by atoms with van der Waals surface area (Å²) < 4.78 is 5.72. The number of nitrogen functional groups attached to an aromatic ring is 1. The third-order valence-electron chi connectivity index (χ3n) is 4.26. The summed E-state index contributed by atoms with van der Waals surface area (Å²) in [6.45, 7) is 3.32. The number of rotatable bonds is 5. The minimum atomic E-state index is 0.787. The van der Waals surface area contributed by atoms with Crippen LogP contribution in [0, 0.1) is 5.92 Å². The summed E-state index contributed by atoms with van der Waals surface area (Å²) in [4.78, 5) is 2.65. The minimum absolute atomic E-state index is 0.787. The predicted molar refractivity (Wildman–Crippen MR) is 73.7 cm³/mol. The van der Waals surface area contributed by atoms with E-state index in [1.54, 1.807) is 0 Å². The molecule has 1 aromatic rings. The van der Waals surface area contributed by atoms with Crippen molar-refractivity contribution in [1.29, 1.82) is 0 Å². The molecule has 2 N–H and O–H groups in total. The molecule has 0 aromatic heterocycles. The normalized spacial score (nSPS) is 26.7. The molecule has 1 heterocycles. The Morgan fingerprint density at radius 1 is 1.22 bits per heavy atom. The average molecular weight is 246 g/mol. The lowest BCUT2D eigenvalue weighted by atomic mass is 10.1. The first-order valence-electron chi connectivity index (χ1n) is 7.03. The summed E-state index contributed by atoms with van der Waals surface area (Å²) in [5, 5.41) is 0. The number of nitrogens with two attached hydrogens (primary N) is 1. The molecule has 0 radical (unpaired) electrons. The van der Waals surface area contributed by atoms with Gasteiger partial charge in [0.1, 0.15) is 5.75 Å². The van der Waals surface area contributed by atoms with Gasteiger partial charge in [0.15, 0.2) is 0 Å². The molecule has 0 amide bonds. The van der Waals surface area contributed by atoms with Gasteiger partial charge in [0.2, 0.25) is 0 Å². The molecule has 2 aliphatic rings. The van der Waals surface area contributed by atoms with E-state index < -0.39 is 0 Å². The fourth-order valence-corrected chi connectivity index (χ4v) is 3.32. The van der Waals surface area contributed by atoms with Crippen LogP contribution in [0.3, 0.4) is 0 Å². The van der Waals surface area contributed by atoms with Crippen LogP contribution in [0.25, 0.3) is 0 Å². The number of hydrogen-bond acceptors (Lipinski definition) is 3. The smallest absolute Gasteiger partial charge is 0.119 e. The topological polar surface area (TPSA) is 38.5 Å². The maximum Gasteiger partial charge on any atom is 0.119 e. The zero-order chi connectivity index (χ0) is 12.4. The van der Waals surface area contributed by atoms with E-state index in [1.165, 1.54) is 32.4 Å². The van der Waals surface area contributed by atoms with E-state index >= 15 is 0 Å². The Hall–Kier alpha value is -1.22. The molecule has 2 bridgehead atoms. The predicted octanol–water partition coefficient (Wildman–Crippen LogP) is 2.52. The van der Waals surface area contributed by atoms with Crippen LogP contribution in [0.1, 0.15) is 25.7 Å². The molecule has 2 fully saturated rings. The number of nitrogens with zero attached hydrogens (tertiary/aromatic N) is 1. The number of likely N-dealkylation sites (tertiary alicyclic amines) is 1. The second-order valence-electron chi connectivity index (χ2n) is 5.60. The Morgan fingerprint density at radius 3 is 2.72 bits per heavy atom. The molecule has 1 saturated heterocycles. The van der Waals surface area contributed by atoms with Crippen molar-refractivity contribution in [2.75, 3.05) is 25.4 Å². The summed E-state index contributed by atoms with van der Waals surface area (Å²) >= 11 is 0. The maximum atomic E-state index is 5.72. The van der Waals surface area contributed by atoms with E-state index in [1.807, 2.05) is 24.3 Å². The number of benzene rings is 1. The lowest BCUT2D eigenvalue weighted by molar-refractivity contribution is 0.193. The largest absolute Gasteiger partial charge is 0.494 e. The van der Waals surface area contributed by atoms with Crippen LogP contribution < -0.4 is 10.5 Å². The lowest BCUT2D eigenvalue weighted by Gasteiger charge is -2.26. The monoisotopic (exact) mass is 246 g/mol. The SMILES string of the molecule is Nc1ccc(OCCCN2CC3CCC2C3)cc1. The molecule has 0 spiro atoms. The van der Waals surface area contributed by atoms with Crippen LogP contribution in [-0.4, -0.2) is 30.6 Å². The number of ether oxygens (including phenoxy) is 1. The van der Waals surface area contributed by atoms with E-state index in [0.717, 1.165) is 36.4 Å². The van der Waals surface area contributed by atoms with Crippen LogP contribution >= 0.6 is 0 Å². The molecule has 3 nitrogen and oxygen atoms in total. The molecular formula is C15H22N2O. The van der Waals surface area contributed by atoms with Crippen molar-refractivity contribution in [2.45, 2.75) is 31.7 Å². The highest BCUT2D eigenvalue weighted by Gasteiger charge is 2.36. The van der Waals surface area contributed by atoms with Gasteiger partial charge in [0, 0.05) is 24.8 Å². The summed E-state index contributed by atoms with van der Waals surface area (Å²) in [6.07, 6.45) is 5.44. The van der Waals surface area contributed by atoms with Crippen molar-refractivity contribution in [3.05, 3.63) is 24.3 Å². The number of fused-ring (bicyclic) bond motifs is 2. The van der Waals surface area contributed by atoms with Crippen LogP contribution in [0.2, 0.25) is 0 Å². The first-order valence-corrected chi connectivity index (χ1v) is 7.03. The van der Waals surface area contributed by atoms with Gasteiger partial charge in [-0.25, -0.2) is 0 Å². The van der Waals surface area contributed by atoms with Gasteiger partial charge in [-0.3, -0.25) is 4.90 Å². The van der Waals surface area contributed by atoms with Crippen molar-refractivity contribution >= 4 is 5.69 Å². The Balaban J connectivity index is 1.36. The third kappa shape index (κ3) is 2.61. The second-order valence-corrected chi connectivity index (χ2v) is 5.60. The molecule has 1 aliphatic carbocycles. The van der Waals surface area contributed by atoms with E-state index in [0.29, 0.717) is 0 Å². The van der Waals surface area contributed by atoms with E-state index in [9.17, 15) is 0 Å². The van der Waals surface area contributed by atoms with Crippen molar-refractivity contribution in [2.24, 2.45) is 5.92 Å². The molecule has 3 heteroatoms. The van der Waals surface area contributed by atoms with Gasteiger partial charge >= 0.3 is 0 Å². The van der Waals surface area contributed by atoms with Gasteiger partial charge < -0.3 is 10.5 Å². The van der Waals surface area contributed by atoms with Gasteiger partial charge in [-0.05, 0) is 55.9 Å². The van der Waals surface area contributed by atoms with Gasteiger partial charge in [-0.15, -0.1) is 0 Å². The highest BCUT2D eigenvalue weighted by molar-refractivity contribution is 5.41. The molecule has 1 aromatic carbocycles. The molecular weight excluding hydrogens is 224 g/mol. The van der Waals surface area contributed by atoms with Crippen LogP contribution in [0.5, 0.6) is 5.75 Å². The zero-order valence-electron chi connectivity index (χ0n) is 10.8. The molecule has 98 valence electrons. The van der Waals surface area contributed by atoms with Crippen LogP contribution in [0.15, 0.2) is 24.3 Å². The summed E-state index contributed by atoms with van der Waals surface area (Å²) in [7, 11) is 0. The number of anilines is 1. The zero-order valence-corrected chi connectivity index (χ0v) is 10.8. The first-order chi connectivity index (χ1) is 8.81. The molecule has 1 saturated carbocycles. The summed E-state index contributed by atoms with van der Waals surface area (Å²) in [5.41, 5.74) is 6.42. The van der Waals surface area contributed by atoms with Crippen molar-refractivity contribution in [1.82, 2.24) is 4.90 Å². The lowest BCUT2D eigenvalue weighted by Crippen LogP contribution is -2.33. The summed E-state index contributed by atoms with van der Waals surface area (Å²) in [6, 6.07) is 8.52. The Bertz CT molecular complexity index is 390. The van der Waals surface area contributed by atoms with Crippen molar-refractivity contribution < 1.29 is 4.74 Å². The Morgan fingerprint density at radius 2 is 2.06 bits per heavy atom. The van der Waals surface area contributed by atoms with Crippen LogP contribution in [-0.2, 0) is 0 Å². The van der Waals surface area contributed by atoms with E-state index in [2.05, 4.69) is 4.90 Å². The fourth-order valence-electron chi connectivity index (χ4n) is 3.32. The molecule has 1 aliphatic heterocycles. The van der Waals surface area contributed by atoms with E-state index in [4.69, 9.17) is 10.5 Å². The molecule has 3 rings (SSSR count). The van der Waals surface area contributed by atoms with Crippen molar-refractivity contribution in [3.63, 3.8) is 0 Å². The highest BCUT2D eigenvalue weighted by atomic mass is 16.5. The van der Waals surface area contributed by atoms with Gasteiger partial charge in [-0.2, -0.15) is 0 Å². The Kier molecular flexibility index (Phi) is 3.41. The summed E-state index contributed by atoms with van der Waals surface area (Å²) in [5.74, 6) is 1.92. The van der Waals surface area contributed by atoms with E-state index in [-0.39, 0.29) is 0 Å². The van der Waals surface area contributed by atoms with Gasteiger partial charge in [-0.1, -0.05) is 0 Å². The second kappa shape index (κ2) is 5.19. The number of hydrogen-bond donors (Lipinski definition) is 1. The molecule has 2 unspecified atom stereocenters. The quantitative estimate of drug-likeness (QED) is 0.641. The number of piperidine rings is 1. The third-order valence-corrected chi connectivity index (χ3v) is 4.26. The maximum absolute atomic E-state index is 5.72. The average Bonchev–Trinajstić information content (AvgIpc) is 2.99.